The smallest absolute Gasteiger partial charge is 0.239 e. The van der Waals surface area contributed by atoms with Crippen LogP contribution in [0.5, 0.6) is 0 Å². The average Bonchev–Trinajstić information content (AvgIpc) is 3.19. The van der Waals surface area contributed by atoms with Gasteiger partial charge in [-0.15, -0.1) is 0 Å². The Morgan fingerprint density at radius 2 is 1.81 bits per heavy atom. The summed E-state index contributed by atoms with van der Waals surface area (Å²) in [5.74, 6) is -1.19. The molecular weight excluding hydrogens is 371 g/mol. The molecule has 0 radical (unpaired) electrons. The lowest BCUT2D eigenvalue weighted by Gasteiger charge is -2.21. The first-order chi connectivity index (χ1) is 12.8. The first kappa shape index (κ1) is 21.3. The van der Waals surface area contributed by atoms with Gasteiger partial charge in [0, 0.05) is 19.5 Å². The van der Waals surface area contributed by atoms with Crippen molar-refractivity contribution in [1.29, 1.82) is 0 Å². The van der Waals surface area contributed by atoms with Gasteiger partial charge >= 0.3 is 0 Å². The van der Waals surface area contributed by atoms with Crippen LogP contribution in [0.4, 0.5) is 4.39 Å². The molecule has 0 aliphatic heterocycles. The van der Waals surface area contributed by atoms with Gasteiger partial charge in [0.25, 0.3) is 0 Å². The van der Waals surface area contributed by atoms with Crippen LogP contribution in [0.2, 0.25) is 0 Å². The van der Waals surface area contributed by atoms with Gasteiger partial charge in [0.15, 0.2) is 9.84 Å². The molecule has 1 fully saturated rings. The number of hydrogen-bond donors (Lipinski definition) is 1. The fourth-order valence-corrected chi connectivity index (χ4v) is 5.05. The molecule has 8 heteroatoms. The van der Waals surface area contributed by atoms with Crippen LogP contribution >= 0.6 is 0 Å². The molecule has 1 N–H and O–H groups in total. The summed E-state index contributed by atoms with van der Waals surface area (Å²) >= 11 is 0. The van der Waals surface area contributed by atoms with Crippen LogP contribution in [0.3, 0.4) is 0 Å². The number of carbonyl (C=O) groups excluding carboxylic acids is 2. The third kappa shape index (κ3) is 6.61. The van der Waals surface area contributed by atoms with Crippen molar-refractivity contribution in [2.24, 2.45) is 0 Å². The second kappa shape index (κ2) is 9.82. The normalized spacial score (nSPS) is 14.9. The summed E-state index contributed by atoms with van der Waals surface area (Å²) in [5, 5.41) is 2.36. The number of benzene rings is 1. The van der Waals surface area contributed by atoms with Gasteiger partial charge < -0.3 is 10.2 Å². The van der Waals surface area contributed by atoms with Crippen molar-refractivity contribution in [1.82, 2.24) is 10.2 Å². The number of likely N-dealkylation sites (N-methyl/N-ethyl adjacent to an activating group) is 1. The summed E-state index contributed by atoms with van der Waals surface area (Å²) in [6.07, 6.45) is 3.11. The Morgan fingerprint density at radius 1 is 1.19 bits per heavy atom. The summed E-state index contributed by atoms with van der Waals surface area (Å²) in [5.41, 5.74) is 0.752. The Labute approximate surface area is 160 Å². The highest BCUT2D eigenvalue weighted by molar-refractivity contribution is 7.92. The molecule has 1 aliphatic rings. The molecule has 2 rings (SSSR count). The lowest BCUT2D eigenvalue weighted by molar-refractivity contribution is -0.135. The summed E-state index contributed by atoms with van der Waals surface area (Å²) in [7, 11) is -3.25. The number of sulfone groups is 1. The van der Waals surface area contributed by atoms with E-state index in [1.54, 1.807) is 19.1 Å². The highest BCUT2D eigenvalue weighted by atomic mass is 32.2. The number of nitrogens with zero attached hydrogens (tertiary/aromatic N) is 1. The Morgan fingerprint density at radius 3 is 2.41 bits per heavy atom. The minimum absolute atomic E-state index is 0.0993. The van der Waals surface area contributed by atoms with Gasteiger partial charge in [-0.2, -0.15) is 0 Å². The number of halogens is 1. The molecule has 27 heavy (non-hydrogen) atoms. The maximum Gasteiger partial charge on any atom is 0.239 e. The maximum absolute atomic E-state index is 12.9. The molecule has 150 valence electrons. The van der Waals surface area contributed by atoms with Gasteiger partial charge in [0.2, 0.25) is 11.8 Å². The van der Waals surface area contributed by atoms with E-state index in [-0.39, 0.29) is 48.1 Å². The molecule has 1 aliphatic carbocycles. The monoisotopic (exact) mass is 398 g/mol. The largest absolute Gasteiger partial charge is 0.350 e. The molecule has 2 amide bonds. The quantitative estimate of drug-likeness (QED) is 0.690. The Balaban J connectivity index is 1.79. The first-order valence-corrected chi connectivity index (χ1v) is 11.0. The number of rotatable bonds is 9. The number of nitrogens with one attached hydrogen (secondary N) is 1. The summed E-state index contributed by atoms with van der Waals surface area (Å²) in [6, 6.07) is 5.78. The molecule has 0 saturated heterocycles. The Bertz CT molecular complexity index is 743. The van der Waals surface area contributed by atoms with Gasteiger partial charge in [-0.1, -0.05) is 25.0 Å². The second-order valence-electron chi connectivity index (χ2n) is 6.83. The average molecular weight is 399 g/mol. The summed E-state index contributed by atoms with van der Waals surface area (Å²) in [6.45, 7) is 2.18. The van der Waals surface area contributed by atoms with Crippen LogP contribution in [0.25, 0.3) is 0 Å². The molecule has 1 saturated carbocycles. The van der Waals surface area contributed by atoms with Crippen LogP contribution < -0.4 is 5.32 Å². The third-order valence-electron chi connectivity index (χ3n) is 4.88. The minimum Gasteiger partial charge on any atom is -0.350 e. The van der Waals surface area contributed by atoms with Gasteiger partial charge in [0.1, 0.15) is 5.82 Å². The van der Waals surface area contributed by atoms with E-state index in [4.69, 9.17) is 0 Å². The minimum atomic E-state index is -3.25. The topological polar surface area (TPSA) is 83.6 Å². The number of amides is 2. The standard InChI is InChI=1S/C19H27FN2O4S/c1-2-22(14-18(23)21-13-15-7-9-16(20)10-8-15)19(24)11-12-27(25,26)17-5-3-4-6-17/h7-10,17H,2-6,11-14H2,1H3,(H,21,23). The van der Waals surface area contributed by atoms with E-state index < -0.39 is 9.84 Å². The van der Waals surface area contributed by atoms with Crippen LogP contribution in [-0.2, 0) is 26.0 Å². The predicted octanol–water partition coefficient (Wildman–Crippen LogP) is 2.04. The number of carbonyl (C=O) groups is 2. The summed E-state index contributed by atoms with van der Waals surface area (Å²) < 4.78 is 37.4. The van der Waals surface area contributed by atoms with Gasteiger partial charge in [0.05, 0.1) is 17.5 Å². The molecule has 0 unspecified atom stereocenters. The first-order valence-electron chi connectivity index (χ1n) is 9.32. The SMILES string of the molecule is CCN(CC(=O)NCc1ccc(F)cc1)C(=O)CCS(=O)(=O)C1CCCC1. The molecule has 0 atom stereocenters. The van der Waals surface area contributed by atoms with E-state index in [1.807, 2.05) is 0 Å². The third-order valence-corrected chi connectivity index (χ3v) is 7.14. The Hall–Kier alpha value is -1.96. The fourth-order valence-electron chi connectivity index (χ4n) is 3.21. The van der Waals surface area contributed by atoms with Crippen molar-refractivity contribution in [3.63, 3.8) is 0 Å². The molecule has 1 aromatic rings. The molecule has 1 aromatic carbocycles. The summed E-state index contributed by atoms with van der Waals surface area (Å²) in [4.78, 5) is 25.7. The van der Waals surface area contributed by atoms with Crippen molar-refractivity contribution in [2.45, 2.75) is 50.8 Å². The Kier molecular flexibility index (Phi) is 7.77. The van der Waals surface area contributed by atoms with E-state index in [1.165, 1.54) is 17.0 Å². The van der Waals surface area contributed by atoms with Crippen LogP contribution in [-0.4, -0.2) is 49.2 Å². The predicted molar refractivity (Wildman–Crippen MR) is 101 cm³/mol. The highest BCUT2D eigenvalue weighted by Crippen LogP contribution is 2.25. The van der Waals surface area contributed by atoms with E-state index >= 15 is 0 Å². The van der Waals surface area contributed by atoms with E-state index in [2.05, 4.69) is 5.32 Å². The molecule has 0 aromatic heterocycles. The molecule has 6 nitrogen and oxygen atoms in total. The van der Waals surface area contributed by atoms with E-state index in [0.717, 1.165) is 18.4 Å². The van der Waals surface area contributed by atoms with Crippen LogP contribution in [0.1, 0.15) is 44.6 Å². The van der Waals surface area contributed by atoms with Crippen molar-refractivity contribution >= 4 is 21.7 Å². The van der Waals surface area contributed by atoms with Crippen molar-refractivity contribution in [3.8, 4) is 0 Å². The number of hydrogen-bond acceptors (Lipinski definition) is 4. The van der Waals surface area contributed by atoms with Crippen molar-refractivity contribution in [3.05, 3.63) is 35.6 Å². The zero-order valence-corrected chi connectivity index (χ0v) is 16.4. The van der Waals surface area contributed by atoms with Crippen LogP contribution in [0.15, 0.2) is 24.3 Å². The van der Waals surface area contributed by atoms with E-state index in [9.17, 15) is 22.4 Å². The van der Waals surface area contributed by atoms with Crippen LogP contribution in [0, 0.1) is 5.82 Å². The molecular formula is C19H27FN2O4S. The van der Waals surface area contributed by atoms with Gasteiger partial charge in [-0.3, -0.25) is 9.59 Å². The fraction of sp³-hybridized carbons (Fsp3) is 0.579. The van der Waals surface area contributed by atoms with Gasteiger partial charge in [-0.25, -0.2) is 12.8 Å². The van der Waals surface area contributed by atoms with E-state index in [0.29, 0.717) is 19.4 Å². The molecule has 0 bridgehead atoms. The maximum atomic E-state index is 12.9. The molecule has 0 spiro atoms. The van der Waals surface area contributed by atoms with Crippen molar-refractivity contribution in [2.75, 3.05) is 18.8 Å². The highest BCUT2D eigenvalue weighted by Gasteiger charge is 2.29. The molecule has 0 heterocycles. The van der Waals surface area contributed by atoms with Gasteiger partial charge in [-0.05, 0) is 37.5 Å². The second-order valence-corrected chi connectivity index (χ2v) is 9.24. The van der Waals surface area contributed by atoms with Crippen molar-refractivity contribution < 1.29 is 22.4 Å². The zero-order valence-electron chi connectivity index (χ0n) is 15.6. The lowest BCUT2D eigenvalue weighted by atomic mass is 10.2. The zero-order chi connectivity index (χ0) is 19.9. The lowest BCUT2D eigenvalue weighted by Crippen LogP contribution is -2.41.